The quantitative estimate of drug-likeness (QED) is 0.736. The van der Waals surface area contributed by atoms with E-state index in [-0.39, 0.29) is 16.8 Å². The monoisotopic (exact) mass is 266 g/mol. The van der Waals surface area contributed by atoms with Gasteiger partial charge >= 0.3 is 5.97 Å². The van der Waals surface area contributed by atoms with Gasteiger partial charge in [0.15, 0.2) is 0 Å². The average molecular weight is 266 g/mol. The van der Waals surface area contributed by atoms with Crippen LogP contribution in [0.5, 0.6) is 0 Å². The molecule has 0 heterocycles. The van der Waals surface area contributed by atoms with E-state index in [0.717, 1.165) is 32.1 Å². The number of Topliss-reactive ketones (excluding diaryl/α,β-unsaturated/α-hetero) is 1. The lowest BCUT2D eigenvalue weighted by Gasteiger charge is -2.48. The van der Waals surface area contributed by atoms with Crippen LogP contribution in [0.15, 0.2) is 0 Å². The van der Waals surface area contributed by atoms with E-state index in [1.165, 1.54) is 6.92 Å². The molecule has 19 heavy (non-hydrogen) atoms. The Bertz CT molecular complexity index is 389. The SMILES string of the molecule is CC(=O)OCC(C)C1CCC2(C)C(=O)CCCC12C. The van der Waals surface area contributed by atoms with Gasteiger partial charge in [-0.1, -0.05) is 20.8 Å². The van der Waals surface area contributed by atoms with Crippen LogP contribution in [0.4, 0.5) is 0 Å². The highest BCUT2D eigenvalue weighted by Crippen LogP contribution is 2.63. The first-order valence-electron chi connectivity index (χ1n) is 7.48. The molecule has 0 amide bonds. The number of ketones is 1. The Labute approximate surface area is 116 Å². The van der Waals surface area contributed by atoms with Crippen molar-refractivity contribution in [2.45, 2.75) is 59.8 Å². The molecule has 2 rings (SSSR count). The van der Waals surface area contributed by atoms with Crippen LogP contribution in [0.1, 0.15) is 59.8 Å². The van der Waals surface area contributed by atoms with Gasteiger partial charge in [0.05, 0.1) is 6.61 Å². The van der Waals surface area contributed by atoms with Gasteiger partial charge in [-0.25, -0.2) is 0 Å². The Balaban J connectivity index is 2.15. The van der Waals surface area contributed by atoms with Crippen LogP contribution in [0, 0.1) is 22.7 Å². The zero-order chi connectivity index (χ0) is 14.3. The molecular formula is C16H26O3. The van der Waals surface area contributed by atoms with Crippen molar-refractivity contribution in [1.29, 1.82) is 0 Å². The molecule has 2 aliphatic carbocycles. The summed E-state index contributed by atoms with van der Waals surface area (Å²) in [4.78, 5) is 23.3. The number of fused-ring (bicyclic) bond motifs is 1. The zero-order valence-electron chi connectivity index (χ0n) is 12.6. The van der Waals surface area contributed by atoms with Gasteiger partial charge in [-0.15, -0.1) is 0 Å². The number of esters is 1. The highest BCUT2D eigenvalue weighted by atomic mass is 16.5. The minimum atomic E-state index is -0.211. The topological polar surface area (TPSA) is 43.4 Å². The summed E-state index contributed by atoms with van der Waals surface area (Å²) in [6.45, 7) is 8.54. The fourth-order valence-corrected chi connectivity index (χ4v) is 4.55. The second kappa shape index (κ2) is 4.92. The normalized spacial score (nSPS) is 39.8. The van der Waals surface area contributed by atoms with Crippen LogP contribution in [0.2, 0.25) is 0 Å². The number of hydrogen-bond acceptors (Lipinski definition) is 3. The van der Waals surface area contributed by atoms with Gasteiger partial charge in [0.2, 0.25) is 0 Å². The van der Waals surface area contributed by atoms with E-state index in [1.54, 1.807) is 0 Å². The molecule has 0 N–H and O–H groups in total. The van der Waals surface area contributed by atoms with Gasteiger partial charge in [-0.05, 0) is 42.9 Å². The van der Waals surface area contributed by atoms with Gasteiger partial charge in [0.1, 0.15) is 5.78 Å². The van der Waals surface area contributed by atoms with Crippen LogP contribution >= 0.6 is 0 Å². The molecular weight excluding hydrogens is 240 g/mol. The molecule has 2 fully saturated rings. The maximum atomic E-state index is 12.4. The van der Waals surface area contributed by atoms with E-state index in [1.807, 2.05) is 0 Å². The van der Waals surface area contributed by atoms with Crippen LogP contribution in [0.3, 0.4) is 0 Å². The van der Waals surface area contributed by atoms with Gasteiger partial charge < -0.3 is 4.74 Å². The molecule has 3 nitrogen and oxygen atoms in total. The molecule has 0 bridgehead atoms. The molecule has 0 aromatic rings. The third-order valence-corrected chi connectivity index (χ3v) is 5.99. The van der Waals surface area contributed by atoms with Crippen LogP contribution in [-0.2, 0) is 14.3 Å². The maximum absolute atomic E-state index is 12.4. The number of carbonyl (C=O) groups excluding carboxylic acids is 2. The van der Waals surface area contributed by atoms with Gasteiger partial charge in [0.25, 0.3) is 0 Å². The predicted molar refractivity (Wildman–Crippen MR) is 73.6 cm³/mol. The highest BCUT2D eigenvalue weighted by molar-refractivity contribution is 5.86. The molecule has 0 radical (unpaired) electrons. The summed E-state index contributed by atoms with van der Waals surface area (Å²) in [5.74, 6) is 1.06. The molecule has 0 saturated heterocycles. The summed E-state index contributed by atoms with van der Waals surface area (Å²) in [5.41, 5.74) is -0.0672. The van der Waals surface area contributed by atoms with Crippen molar-refractivity contribution in [1.82, 2.24) is 0 Å². The van der Waals surface area contributed by atoms with Gasteiger partial charge in [-0.3, -0.25) is 9.59 Å². The summed E-state index contributed by atoms with van der Waals surface area (Å²) in [6, 6.07) is 0. The Morgan fingerprint density at radius 3 is 2.74 bits per heavy atom. The van der Waals surface area contributed by atoms with Gasteiger partial charge in [0, 0.05) is 18.8 Å². The molecule has 108 valence electrons. The van der Waals surface area contributed by atoms with E-state index in [0.29, 0.717) is 24.2 Å². The smallest absolute Gasteiger partial charge is 0.302 e. The molecule has 4 unspecified atom stereocenters. The molecule has 0 aromatic carbocycles. The minimum absolute atomic E-state index is 0.0852. The second-order valence-electron chi connectivity index (χ2n) is 6.95. The van der Waals surface area contributed by atoms with Crippen molar-refractivity contribution >= 4 is 11.8 Å². The van der Waals surface area contributed by atoms with Crippen molar-refractivity contribution in [3.05, 3.63) is 0 Å². The third kappa shape index (κ3) is 2.21. The molecule has 4 atom stereocenters. The van der Waals surface area contributed by atoms with E-state index < -0.39 is 0 Å². The highest BCUT2D eigenvalue weighted by Gasteiger charge is 2.60. The van der Waals surface area contributed by atoms with Crippen molar-refractivity contribution in [3.8, 4) is 0 Å². The lowest BCUT2D eigenvalue weighted by molar-refractivity contribution is -0.146. The zero-order valence-corrected chi connectivity index (χ0v) is 12.6. The van der Waals surface area contributed by atoms with Crippen molar-refractivity contribution in [2.75, 3.05) is 6.61 Å². The number of rotatable bonds is 3. The maximum Gasteiger partial charge on any atom is 0.302 e. The lowest BCUT2D eigenvalue weighted by Crippen LogP contribution is -2.47. The molecule has 2 aliphatic rings. The van der Waals surface area contributed by atoms with Crippen molar-refractivity contribution in [2.24, 2.45) is 22.7 Å². The number of hydrogen-bond donors (Lipinski definition) is 0. The summed E-state index contributed by atoms with van der Waals surface area (Å²) >= 11 is 0. The molecule has 0 aromatic heterocycles. The van der Waals surface area contributed by atoms with E-state index in [2.05, 4.69) is 20.8 Å². The summed E-state index contributed by atoms with van der Waals surface area (Å²) in [5, 5.41) is 0. The molecule has 0 aliphatic heterocycles. The first kappa shape index (κ1) is 14.5. The summed E-state index contributed by atoms with van der Waals surface area (Å²) in [7, 11) is 0. The lowest BCUT2D eigenvalue weighted by atomic mass is 9.55. The minimum Gasteiger partial charge on any atom is -0.466 e. The Morgan fingerprint density at radius 1 is 1.42 bits per heavy atom. The van der Waals surface area contributed by atoms with Gasteiger partial charge in [-0.2, -0.15) is 0 Å². The van der Waals surface area contributed by atoms with Crippen molar-refractivity contribution < 1.29 is 14.3 Å². The van der Waals surface area contributed by atoms with Crippen molar-refractivity contribution in [3.63, 3.8) is 0 Å². The van der Waals surface area contributed by atoms with Crippen LogP contribution < -0.4 is 0 Å². The first-order valence-corrected chi connectivity index (χ1v) is 7.48. The molecule has 0 spiro atoms. The second-order valence-corrected chi connectivity index (χ2v) is 6.95. The Kier molecular flexibility index (Phi) is 3.76. The number of carbonyl (C=O) groups is 2. The standard InChI is InChI=1S/C16H26O3/c1-11(10-19-12(2)17)13-7-9-16(4)14(18)6-5-8-15(13,16)3/h11,13H,5-10H2,1-4H3. The fraction of sp³-hybridized carbons (Fsp3) is 0.875. The Hall–Kier alpha value is -0.860. The summed E-state index contributed by atoms with van der Waals surface area (Å²) < 4.78 is 5.18. The largest absolute Gasteiger partial charge is 0.466 e. The first-order chi connectivity index (χ1) is 8.81. The Morgan fingerprint density at radius 2 is 2.11 bits per heavy atom. The fourth-order valence-electron chi connectivity index (χ4n) is 4.55. The van der Waals surface area contributed by atoms with Crippen LogP contribution in [-0.4, -0.2) is 18.4 Å². The van der Waals surface area contributed by atoms with E-state index in [4.69, 9.17) is 4.74 Å². The van der Waals surface area contributed by atoms with E-state index >= 15 is 0 Å². The predicted octanol–water partition coefficient (Wildman–Crippen LogP) is 3.36. The average Bonchev–Trinajstić information content (AvgIpc) is 2.61. The van der Waals surface area contributed by atoms with E-state index in [9.17, 15) is 9.59 Å². The molecule has 3 heteroatoms. The summed E-state index contributed by atoms with van der Waals surface area (Å²) in [6.07, 6.45) is 4.97. The van der Waals surface area contributed by atoms with Crippen LogP contribution in [0.25, 0.3) is 0 Å². The third-order valence-electron chi connectivity index (χ3n) is 5.99. The number of ether oxygens (including phenoxy) is 1. The molecule has 2 saturated carbocycles.